The molecule has 0 radical (unpaired) electrons. The molecule has 1 aromatic rings. The normalized spacial score (nSPS) is 14.8. The minimum atomic E-state index is 0.109. The highest BCUT2D eigenvalue weighted by atomic mass is 15.2. The standard InChI is InChI=1S/C16H28N2/c1-5-11-18(16(4,6-2)13-17)12-15-10-8-7-9-14(15)3/h7-10H,5-6,11-13,17H2,1-4H3. The number of hydrogen-bond donors (Lipinski definition) is 1. The molecule has 0 amide bonds. The molecule has 0 aliphatic rings. The van der Waals surface area contributed by atoms with E-state index in [0.717, 1.165) is 26.1 Å². The summed E-state index contributed by atoms with van der Waals surface area (Å²) in [5.74, 6) is 0. The third-order valence-corrected chi connectivity index (χ3v) is 4.08. The van der Waals surface area contributed by atoms with Gasteiger partial charge in [0, 0.05) is 18.6 Å². The molecule has 0 aliphatic heterocycles. The Balaban J connectivity index is 2.90. The molecule has 0 saturated carbocycles. The van der Waals surface area contributed by atoms with E-state index in [-0.39, 0.29) is 5.54 Å². The van der Waals surface area contributed by atoms with Crippen LogP contribution in [-0.2, 0) is 6.54 Å². The number of benzene rings is 1. The summed E-state index contributed by atoms with van der Waals surface area (Å²) in [4.78, 5) is 2.54. The number of nitrogens with zero attached hydrogens (tertiary/aromatic N) is 1. The molecule has 18 heavy (non-hydrogen) atoms. The summed E-state index contributed by atoms with van der Waals surface area (Å²) >= 11 is 0. The van der Waals surface area contributed by atoms with Crippen molar-refractivity contribution >= 4 is 0 Å². The van der Waals surface area contributed by atoms with Gasteiger partial charge in [-0.3, -0.25) is 4.90 Å². The van der Waals surface area contributed by atoms with E-state index < -0.39 is 0 Å². The lowest BCUT2D eigenvalue weighted by Crippen LogP contribution is -2.51. The van der Waals surface area contributed by atoms with Crippen LogP contribution in [0.5, 0.6) is 0 Å². The monoisotopic (exact) mass is 248 g/mol. The Morgan fingerprint density at radius 3 is 2.39 bits per heavy atom. The Labute approximate surface area is 112 Å². The second kappa shape index (κ2) is 6.91. The number of rotatable bonds is 7. The van der Waals surface area contributed by atoms with E-state index in [0.29, 0.717) is 0 Å². The van der Waals surface area contributed by atoms with Crippen molar-refractivity contribution in [1.82, 2.24) is 4.90 Å². The molecular formula is C16H28N2. The summed E-state index contributed by atoms with van der Waals surface area (Å²) in [5.41, 5.74) is 8.89. The lowest BCUT2D eigenvalue weighted by atomic mass is 9.94. The SMILES string of the molecule is CCCN(Cc1ccccc1C)C(C)(CC)CN. The van der Waals surface area contributed by atoms with Crippen LogP contribution in [0.15, 0.2) is 24.3 Å². The third kappa shape index (κ3) is 3.56. The first kappa shape index (κ1) is 15.2. The molecule has 1 unspecified atom stereocenters. The van der Waals surface area contributed by atoms with Crippen LogP contribution in [0.3, 0.4) is 0 Å². The van der Waals surface area contributed by atoms with E-state index in [1.165, 1.54) is 17.5 Å². The number of nitrogens with two attached hydrogens (primary N) is 1. The molecule has 1 rings (SSSR count). The van der Waals surface area contributed by atoms with Gasteiger partial charge in [-0.1, -0.05) is 38.1 Å². The molecule has 2 N–H and O–H groups in total. The zero-order valence-electron chi connectivity index (χ0n) is 12.4. The van der Waals surface area contributed by atoms with Gasteiger partial charge in [0.2, 0.25) is 0 Å². The second-order valence-corrected chi connectivity index (χ2v) is 5.40. The predicted octanol–water partition coefficient (Wildman–Crippen LogP) is 3.33. The van der Waals surface area contributed by atoms with Gasteiger partial charge in [-0.25, -0.2) is 0 Å². The zero-order chi connectivity index (χ0) is 13.6. The van der Waals surface area contributed by atoms with Gasteiger partial charge in [0.05, 0.1) is 0 Å². The molecule has 0 heterocycles. The van der Waals surface area contributed by atoms with Crippen LogP contribution in [0.4, 0.5) is 0 Å². The highest BCUT2D eigenvalue weighted by molar-refractivity contribution is 5.25. The average Bonchev–Trinajstić information content (AvgIpc) is 2.39. The fourth-order valence-corrected chi connectivity index (χ4v) is 2.30. The van der Waals surface area contributed by atoms with Crippen molar-refractivity contribution in [1.29, 1.82) is 0 Å². The highest BCUT2D eigenvalue weighted by Gasteiger charge is 2.28. The Hall–Kier alpha value is -0.860. The fourth-order valence-electron chi connectivity index (χ4n) is 2.30. The quantitative estimate of drug-likeness (QED) is 0.802. The molecule has 1 aromatic carbocycles. The first-order valence-corrected chi connectivity index (χ1v) is 7.07. The van der Waals surface area contributed by atoms with Crippen LogP contribution < -0.4 is 5.73 Å². The molecular weight excluding hydrogens is 220 g/mol. The first-order valence-electron chi connectivity index (χ1n) is 7.07. The summed E-state index contributed by atoms with van der Waals surface area (Å²) in [5, 5.41) is 0. The Kier molecular flexibility index (Phi) is 5.83. The van der Waals surface area contributed by atoms with Gasteiger partial charge in [-0.15, -0.1) is 0 Å². The van der Waals surface area contributed by atoms with Crippen LogP contribution in [-0.4, -0.2) is 23.5 Å². The fraction of sp³-hybridized carbons (Fsp3) is 0.625. The number of hydrogen-bond acceptors (Lipinski definition) is 2. The van der Waals surface area contributed by atoms with Crippen LogP contribution in [0.25, 0.3) is 0 Å². The van der Waals surface area contributed by atoms with Crippen molar-refractivity contribution in [2.24, 2.45) is 5.73 Å². The minimum Gasteiger partial charge on any atom is -0.329 e. The maximum Gasteiger partial charge on any atom is 0.0304 e. The van der Waals surface area contributed by atoms with Crippen LogP contribution >= 0.6 is 0 Å². The largest absolute Gasteiger partial charge is 0.329 e. The maximum absolute atomic E-state index is 6.00. The minimum absolute atomic E-state index is 0.109. The molecule has 0 spiro atoms. The van der Waals surface area contributed by atoms with Crippen molar-refractivity contribution in [3.8, 4) is 0 Å². The van der Waals surface area contributed by atoms with Crippen molar-refractivity contribution in [2.45, 2.75) is 52.6 Å². The molecule has 1 atom stereocenters. The highest BCUT2D eigenvalue weighted by Crippen LogP contribution is 2.22. The molecule has 0 saturated heterocycles. The molecule has 2 nitrogen and oxygen atoms in total. The van der Waals surface area contributed by atoms with Gasteiger partial charge in [0.1, 0.15) is 0 Å². The Bertz CT molecular complexity index is 356. The van der Waals surface area contributed by atoms with Gasteiger partial charge in [-0.05, 0) is 44.4 Å². The van der Waals surface area contributed by atoms with E-state index >= 15 is 0 Å². The van der Waals surface area contributed by atoms with Crippen LogP contribution in [0.1, 0.15) is 44.7 Å². The van der Waals surface area contributed by atoms with E-state index in [1.807, 2.05) is 0 Å². The third-order valence-electron chi connectivity index (χ3n) is 4.08. The van der Waals surface area contributed by atoms with Gasteiger partial charge < -0.3 is 5.73 Å². The van der Waals surface area contributed by atoms with Gasteiger partial charge in [0.25, 0.3) is 0 Å². The lowest BCUT2D eigenvalue weighted by Gasteiger charge is -2.40. The summed E-state index contributed by atoms with van der Waals surface area (Å²) in [6.07, 6.45) is 2.26. The molecule has 0 bridgehead atoms. The Morgan fingerprint density at radius 2 is 1.89 bits per heavy atom. The van der Waals surface area contributed by atoms with Crippen LogP contribution in [0.2, 0.25) is 0 Å². The first-order chi connectivity index (χ1) is 8.57. The van der Waals surface area contributed by atoms with Gasteiger partial charge in [0.15, 0.2) is 0 Å². The summed E-state index contributed by atoms with van der Waals surface area (Å²) < 4.78 is 0. The molecule has 102 valence electrons. The van der Waals surface area contributed by atoms with Crippen molar-refractivity contribution in [2.75, 3.05) is 13.1 Å². The van der Waals surface area contributed by atoms with Crippen molar-refractivity contribution in [3.05, 3.63) is 35.4 Å². The molecule has 0 aliphatic carbocycles. The van der Waals surface area contributed by atoms with E-state index in [9.17, 15) is 0 Å². The van der Waals surface area contributed by atoms with Crippen LogP contribution in [0, 0.1) is 6.92 Å². The van der Waals surface area contributed by atoms with Gasteiger partial charge in [-0.2, -0.15) is 0 Å². The van der Waals surface area contributed by atoms with Gasteiger partial charge >= 0.3 is 0 Å². The molecule has 0 fully saturated rings. The summed E-state index contributed by atoms with van der Waals surface area (Å²) in [6.45, 7) is 11.8. The van der Waals surface area contributed by atoms with E-state index in [2.05, 4.69) is 56.9 Å². The predicted molar refractivity (Wildman–Crippen MR) is 79.6 cm³/mol. The smallest absolute Gasteiger partial charge is 0.0304 e. The maximum atomic E-state index is 6.00. The second-order valence-electron chi connectivity index (χ2n) is 5.40. The average molecular weight is 248 g/mol. The van der Waals surface area contributed by atoms with Crippen molar-refractivity contribution < 1.29 is 0 Å². The van der Waals surface area contributed by atoms with Crippen molar-refractivity contribution in [3.63, 3.8) is 0 Å². The molecule has 0 aromatic heterocycles. The van der Waals surface area contributed by atoms with E-state index in [1.54, 1.807) is 0 Å². The lowest BCUT2D eigenvalue weighted by molar-refractivity contribution is 0.0971. The summed E-state index contributed by atoms with van der Waals surface area (Å²) in [6, 6.07) is 8.64. The van der Waals surface area contributed by atoms with E-state index in [4.69, 9.17) is 5.73 Å². The molecule has 2 heteroatoms. The summed E-state index contributed by atoms with van der Waals surface area (Å²) in [7, 11) is 0. The Morgan fingerprint density at radius 1 is 1.22 bits per heavy atom. The number of aryl methyl sites for hydroxylation is 1. The topological polar surface area (TPSA) is 29.3 Å². The zero-order valence-corrected chi connectivity index (χ0v) is 12.4.